The summed E-state index contributed by atoms with van der Waals surface area (Å²) in [4.78, 5) is 12.8. The first kappa shape index (κ1) is 18.0. The molecule has 1 aromatic rings. The van der Waals surface area contributed by atoms with Gasteiger partial charge in [0, 0.05) is 17.8 Å². The van der Waals surface area contributed by atoms with Gasteiger partial charge in [0.05, 0.1) is 30.4 Å². The first-order chi connectivity index (χ1) is 12.0. The van der Waals surface area contributed by atoms with Gasteiger partial charge >= 0.3 is 5.24 Å². The maximum Gasteiger partial charge on any atom is 0.357 e. The standard InChI is InChI=1S/C18H20ClNO4S/c1-22-11-6-7-12(13(19)10-11)14-15(24-17(25)23-2)18(20-16(14)21)8-4-3-5-9-18/h6-7,10H,3-5,8-9H2,1-2H3,(H,20,21). The summed E-state index contributed by atoms with van der Waals surface area (Å²) in [6.45, 7) is 0. The fraction of sp³-hybridized carbons (Fsp3) is 0.444. The number of ether oxygens (including phenoxy) is 3. The van der Waals surface area contributed by atoms with Gasteiger partial charge in [-0.25, -0.2) is 0 Å². The fourth-order valence-corrected chi connectivity index (χ4v) is 3.88. The Morgan fingerprint density at radius 3 is 2.56 bits per heavy atom. The van der Waals surface area contributed by atoms with Gasteiger partial charge in [0.25, 0.3) is 5.91 Å². The number of methoxy groups -OCH3 is 2. The van der Waals surface area contributed by atoms with Gasteiger partial charge in [0.2, 0.25) is 0 Å². The third-order valence-corrected chi connectivity index (χ3v) is 5.31. The Labute approximate surface area is 157 Å². The van der Waals surface area contributed by atoms with E-state index in [2.05, 4.69) is 5.32 Å². The minimum atomic E-state index is -0.545. The third kappa shape index (κ3) is 3.33. The lowest BCUT2D eigenvalue weighted by molar-refractivity contribution is -0.116. The van der Waals surface area contributed by atoms with E-state index in [1.807, 2.05) is 0 Å². The van der Waals surface area contributed by atoms with Crippen LogP contribution in [-0.4, -0.2) is 30.9 Å². The smallest absolute Gasteiger partial charge is 0.357 e. The highest BCUT2D eigenvalue weighted by atomic mass is 35.5. The number of benzene rings is 1. The molecule has 1 fully saturated rings. The highest BCUT2D eigenvalue weighted by Gasteiger charge is 2.48. The number of hydrogen-bond donors (Lipinski definition) is 1. The van der Waals surface area contributed by atoms with Crippen LogP contribution in [0.4, 0.5) is 0 Å². The molecule has 1 aliphatic carbocycles. The van der Waals surface area contributed by atoms with Crippen molar-refractivity contribution in [3.05, 3.63) is 34.5 Å². The van der Waals surface area contributed by atoms with Crippen LogP contribution in [0, 0.1) is 0 Å². The number of carbonyl (C=O) groups excluding carboxylic acids is 1. The number of nitrogens with one attached hydrogen (secondary N) is 1. The second-order valence-electron chi connectivity index (χ2n) is 6.20. The molecular weight excluding hydrogens is 362 g/mol. The van der Waals surface area contributed by atoms with Gasteiger partial charge in [0.15, 0.2) is 0 Å². The van der Waals surface area contributed by atoms with E-state index in [0.29, 0.717) is 27.7 Å². The molecule has 1 spiro atoms. The summed E-state index contributed by atoms with van der Waals surface area (Å²) in [5, 5.41) is 3.51. The summed E-state index contributed by atoms with van der Waals surface area (Å²) in [6, 6.07) is 5.20. The summed E-state index contributed by atoms with van der Waals surface area (Å²) >= 11 is 11.5. The van der Waals surface area contributed by atoms with Crippen molar-refractivity contribution in [2.45, 2.75) is 37.6 Å². The molecule has 1 amide bonds. The number of carbonyl (C=O) groups is 1. The van der Waals surface area contributed by atoms with Gasteiger partial charge in [-0.05, 0) is 31.0 Å². The SMILES string of the molecule is COC(=S)OC1=C(c2ccc(OC)cc2Cl)C(=O)NC12CCCCC2. The first-order valence-corrected chi connectivity index (χ1v) is 8.96. The topological polar surface area (TPSA) is 56.8 Å². The second kappa shape index (κ2) is 7.22. The fourth-order valence-electron chi connectivity index (χ4n) is 3.53. The van der Waals surface area contributed by atoms with Gasteiger partial charge in [0.1, 0.15) is 11.5 Å². The third-order valence-electron chi connectivity index (χ3n) is 4.75. The van der Waals surface area contributed by atoms with Crippen LogP contribution in [0.15, 0.2) is 24.0 Å². The second-order valence-corrected chi connectivity index (χ2v) is 6.94. The highest BCUT2D eigenvalue weighted by Crippen LogP contribution is 2.44. The van der Waals surface area contributed by atoms with Crippen molar-refractivity contribution in [2.24, 2.45) is 0 Å². The van der Waals surface area contributed by atoms with Crippen LogP contribution in [0.2, 0.25) is 5.02 Å². The average molecular weight is 382 g/mol. The van der Waals surface area contributed by atoms with Crippen LogP contribution in [-0.2, 0) is 14.3 Å². The Kier molecular flexibility index (Phi) is 5.20. The zero-order chi connectivity index (χ0) is 18.0. The Morgan fingerprint density at radius 2 is 1.96 bits per heavy atom. The van der Waals surface area contributed by atoms with E-state index in [0.717, 1.165) is 32.1 Å². The molecule has 3 rings (SSSR count). The highest BCUT2D eigenvalue weighted by molar-refractivity contribution is 7.79. The minimum absolute atomic E-state index is 0.0152. The van der Waals surface area contributed by atoms with E-state index >= 15 is 0 Å². The van der Waals surface area contributed by atoms with Crippen LogP contribution in [0.3, 0.4) is 0 Å². The van der Waals surface area contributed by atoms with Crippen LogP contribution >= 0.6 is 23.8 Å². The zero-order valence-corrected chi connectivity index (χ0v) is 15.8. The van der Waals surface area contributed by atoms with Gasteiger partial charge < -0.3 is 19.5 Å². The van der Waals surface area contributed by atoms with E-state index in [9.17, 15) is 4.79 Å². The predicted molar refractivity (Wildman–Crippen MR) is 99.6 cm³/mol. The molecule has 1 aliphatic heterocycles. The molecular formula is C18H20ClNO4S. The van der Waals surface area contributed by atoms with Crippen molar-refractivity contribution >= 4 is 40.5 Å². The predicted octanol–water partition coefficient (Wildman–Crippen LogP) is 3.84. The Morgan fingerprint density at radius 1 is 1.24 bits per heavy atom. The van der Waals surface area contributed by atoms with Crippen LogP contribution in [0.25, 0.3) is 5.57 Å². The van der Waals surface area contributed by atoms with Crippen molar-refractivity contribution in [3.63, 3.8) is 0 Å². The van der Waals surface area contributed by atoms with Gasteiger partial charge in [-0.3, -0.25) is 4.79 Å². The van der Waals surface area contributed by atoms with Crippen molar-refractivity contribution in [1.29, 1.82) is 0 Å². The maximum absolute atomic E-state index is 12.8. The summed E-state index contributed by atoms with van der Waals surface area (Å²) in [6.07, 6.45) is 4.76. The van der Waals surface area contributed by atoms with Gasteiger partial charge in [-0.2, -0.15) is 0 Å². The van der Waals surface area contributed by atoms with Crippen LogP contribution in [0.1, 0.15) is 37.7 Å². The summed E-state index contributed by atoms with van der Waals surface area (Å²) in [5.74, 6) is 0.925. The molecule has 1 N–H and O–H groups in total. The summed E-state index contributed by atoms with van der Waals surface area (Å²) in [7, 11) is 3.01. The summed E-state index contributed by atoms with van der Waals surface area (Å²) in [5.41, 5.74) is 0.460. The quantitative estimate of drug-likeness (QED) is 0.806. The molecule has 1 heterocycles. The lowest BCUT2D eigenvalue weighted by atomic mass is 9.80. The molecule has 0 unspecified atom stereocenters. The van der Waals surface area contributed by atoms with Crippen molar-refractivity contribution in [1.82, 2.24) is 5.32 Å². The van der Waals surface area contributed by atoms with E-state index in [1.54, 1.807) is 25.3 Å². The van der Waals surface area contributed by atoms with E-state index in [1.165, 1.54) is 7.11 Å². The normalized spacial score (nSPS) is 18.9. The van der Waals surface area contributed by atoms with E-state index in [4.69, 9.17) is 38.0 Å². The Bertz CT molecular complexity index is 741. The molecule has 1 saturated carbocycles. The lowest BCUT2D eigenvalue weighted by Gasteiger charge is -2.35. The minimum Gasteiger partial charge on any atom is -0.497 e. The van der Waals surface area contributed by atoms with E-state index in [-0.39, 0.29) is 11.1 Å². The number of thiocarbonyl (C=S) groups is 1. The van der Waals surface area contributed by atoms with Crippen LogP contribution < -0.4 is 10.1 Å². The molecule has 134 valence electrons. The molecule has 7 heteroatoms. The van der Waals surface area contributed by atoms with Gasteiger partial charge in [-0.1, -0.05) is 30.9 Å². The molecule has 0 radical (unpaired) electrons. The molecule has 1 aromatic carbocycles. The molecule has 5 nitrogen and oxygen atoms in total. The van der Waals surface area contributed by atoms with Crippen molar-refractivity contribution in [2.75, 3.05) is 14.2 Å². The van der Waals surface area contributed by atoms with Gasteiger partial charge in [-0.15, -0.1) is 0 Å². The molecule has 0 bridgehead atoms. The molecule has 2 aliphatic rings. The lowest BCUT2D eigenvalue weighted by Crippen LogP contribution is -2.46. The number of amides is 1. The first-order valence-electron chi connectivity index (χ1n) is 8.18. The van der Waals surface area contributed by atoms with Crippen molar-refractivity contribution in [3.8, 4) is 5.75 Å². The Hall–Kier alpha value is -1.79. The monoisotopic (exact) mass is 381 g/mol. The largest absolute Gasteiger partial charge is 0.497 e. The zero-order valence-electron chi connectivity index (χ0n) is 14.2. The average Bonchev–Trinajstić information content (AvgIpc) is 2.86. The van der Waals surface area contributed by atoms with Crippen molar-refractivity contribution < 1.29 is 19.0 Å². The Balaban J connectivity index is 2.13. The molecule has 0 atom stereocenters. The van der Waals surface area contributed by atoms with E-state index < -0.39 is 5.54 Å². The molecule has 0 aromatic heterocycles. The number of hydrogen-bond acceptors (Lipinski definition) is 5. The molecule has 0 saturated heterocycles. The van der Waals surface area contributed by atoms with Crippen LogP contribution in [0.5, 0.6) is 5.75 Å². The number of halogens is 1. The summed E-state index contributed by atoms with van der Waals surface area (Å²) < 4.78 is 16.0. The number of rotatable bonds is 3. The molecule has 25 heavy (non-hydrogen) atoms. The maximum atomic E-state index is 12.8.